The van der Waals surface area contributed by atoms with Crippen LogP contribution in [0, 0.1) is 11.8 Å². The summed E-state index contributed by atoms with van der Waals surface area (Å²) < 4.78 is 6.15. The zero-order valence-corrected chi connectivity index (χ0v) is 17.6. The monoisotopic (exact) mass is 425 g/mol. The lowest BCUT2D eigenvalue weighted by atomic mass is 9.78. The molecule has 1 fully saturated rings. The maximum atomic E-state index is 12.6. The van der Waals surface area contributed by atoms with Gasteiger partial charge in [-0.2, -0.15) is 5.90 Å². The number of rotatable bonds is 7. The highest BCUT2D eigenvalue weighted by Crippen LogP contribution is 2.47. The van der Waals surface area contributed by atoms with Crippen LogP contribution >= 0.6 is 0 Å². The van der Waals surface area contributed by atoms with E-state index in [1.165, 1.54) is 4.90 Å². The third-order valence-corrected chi connectivity index (χ3v) is 6.38. The topological polar surface area (TPSA) is 128 Å². The van der Waals surface area contributed by atoms with Crippen LogP contribution in [0.1, 0.15) is 19.4 Å². The van der Waals surface area contributed by atoms with Crippen molar-refractivity contribution in [2.45, 2.75) is 32.4 Å². The van der Waals surface area contributed by atoms with E-state index in [1.54, 1.807) is 6.92 Å². The molecule has 2 aliphatic heterocycles. The fraction of sp³-hybridized carbons (Fsp3) is 0.391. The average molecular weight is 425 g/mol. The predicted octanol–water partition coefficient (Wildman–Crippen LogP) is 1.25. The summed E-state index contributed by atoms with van der Waals surface area (Å²) in [5.74, 6) is 3.96. The van der Waals surface area contributed by atoms with E-state index < -0.39 is 18.0 Å². The molecule has 0 aromatic heterocycles. The van der Waals surface area contributed by atoms with Gasteiger partial charge in [-0.05, 0) is 36.9 Å². The second-order valence-corrected chi connectivity index (χ2v) is 8.13. The minimum absolute atomic E-state index is 0.0959. The first-order chi connectivity index (χ1) is 14.9. The molecule has 1 saturated heterocycles. The van der Waals surface area contributed by atoms with Gasteiger partial charge in [0, 0.05) is 16.9 Å². The van der Waals surface area contributed by atoms with E-state index in [0.29, 0.717) is 17.9 Å². The van der Waals surface area contributed by atoms with Gasteiger partial charge < -0.3 is 25.3 Å². The molecule has 0 saturated carbocycles. The molecule has 2 aromatic carbocycles. The average Bonchev–Trinajstić information content (AvgIpc) is 3.00. The predicted molar refractivity (Wildman–Crippen MR) is 114 cm³/mol. The minimum atomic E-state index is -0.814. The number of aliphatic hydroxyl groups excluding tert-OH is 1. The number of benzene rings is 2. The molecule has 4 rings (SSSR count). The Labute approximate surface area is 180 Å². The molecule has 8 nitrogen and oxygen atoms in total. The fourth-order valence-electron chi connectivity index (χ4n) is 4.88. The molecule has 1 amide bonds. The highest BCUT2D eigenvalue weighted by atomic mass is 16.7. The highest BCUT2D eigenvalue weighted by molar-refractivity contribution is 6.00. The number of carbonyl (C=O) groups excluding carboxylic acids is 2. The molecule has 2 heterocycles. The number of hydrogen-bond acceptors (Lipinski definition) is 7. The maximum Gasteiger partial charge on any atom is 0.373 e. The van der Waals surface area contributed by atoms with Crippen LogP contribution in [0.5, 0.6) is 5.75 Å². The summed E-state index contributed by atoms with van der Waals surface area (Å²) in [5.41, 5.74) is 7.63. The number of nitrogens with zero attached hydrogens (tertiary/aromatic N) is 1. The van der Waals surface area contributed by atoms with Crippen LogP contribution in [-0.4, -0.2) is 47.2 Å². The van der Waals surface area contributed by atoms with Gasteiger partial charge in [-0.15, -0.1) is 0 Å². The number of hydrogen-bond donors (Lipinski definition) is 3. The number of amides is 1. The van der Waals surface area contributed by atoms with Crippen LogP contribution < -0.4 is 16.4 Å². The Morgan fingerprint density at radius 2 is 1.94 bits per heavy atom. The normalized spacial score (nSPS) is 23.6. The quantitative estimate of drug-likeness (QED) is 0.450. The van der Waals surface area contributed by atoms with Gasteiger partial charge in [0.15, 0.2) is 0 Å². The Morgan fingerprint density at radius 3 is 2.61 bits per heavy atom. The number of fused-ring (bicyclic) bond motifs is 2. The molecule has 0 aliphatic carbocycles. The molecular formula is C23H27N3O5. The van der Waals surface area contributed by atoms with Gasteiger partial charge in [0.05, 0.1) is 18.1 Å². The molecule has 0 bridgehead atoms. The summed E-state index contributed by atoms with van der Waals surface area (Å²) >= 11 is 0. The van der Waals surface area contributed by atoms with Gasteiger partial charge in [0.1, 0.15) is 18.1 Å². The standard InChI is InChI=1S/C23H27N3O5/c1-12-17(21(23(29)31-25)26-20(12)19(13(2)27)22(26)28)11-30-18-8-4-6-15-14(9-10-24)5-3-7-16(15)18/h3-8,12-13,19-20,27H,9-11,24-25H2,1-2H3/t12-,13+,19+,20+/m0/s1. The third-order valence-electron chi connectivity index (χ3n) is 6.38. The van der Waals surface area contributed by atoms with Crippen LogP contribution in [0.2, 0.25) is 0 Å². The Balaban J connectivity index is 1.66. The first-order valence-corrected chi connectivity index (χ1v) is 10.4. The second-order valence-electron chi connectivity index (χ2n) is 8.13. The minimum Gasteiger partial charge on any atom is -0.488 e. The summed E-state index contributed by atoms with van der Waals surface area (Å²) in [7, 11) is 0. The van der Waals surface area contributed by atoms with Crippen molar-refractivity contribution >= 4 is 22.6 Å². The van der Waals surface area contributed by atoms with Gasteiger partial charge in [0.2, 0.25) is 5.91 Å². The third kappa shape index (κ3) is 3.37. The fourth-order valence-corrected chi connectivity index (χ4v) is 4.88. The zero-order valence-electron chi connectivity index (χ0n) is 17.6. The van der Waals surface area contributed by atoms with Crippen LogP contribution in [0.15, 0.2) is 47.7 Å². The van der Waals surface area contributed by atoms with Crippen molar-refractivity contribution in [3.05, 3.63) is 53.2 Å². The van der Waals surface area contributed by atoms with E-state index in [4.69, 9.17) is 16.4 Å². The largest absolute Gasteiger partial charge is 0.488 e. The summed E-state index contributed by atoms with van der Waals surface area (Å²) in [6.45, 7) is 4.14. The van der Waals surface area contributed by atoms with Crippen molar-refractivity contribution in [3.63, 3.8) is 0 Å². The van der Waals surface area contributed by atoms with E-state index in [2.05, 4.69) is 4.84 Å². The molecule has 0 unspecified atom stereocenters. The summed E-state index contributed by atoms with van der Waals surface area (Å²) in [5, 5.41) is 12.0. The van der Waals surface area contributed by atoms with Crippen LogP contribution in [0.4, 0.5) is 0 Å². The molecule has 2 aliphatic rings. The van der Waals surface area contributed by atoms with E-state index in [9.17, 15) is 14.7 Å². The van der Waals surface area contributed by atoms with E-state index in [0.717, 1.165) is 22.8 Å². The van der Waals surface area contributed by atoms with E-state index in [1.807, 2.05) is 43.3 Å². The lowest BCUT2D eigenvalue weighted by molar-refractivity contribution is -0.164. The van der Waals surface area contributed by atoms with Gasteiger partial charge in [-0.25, -0.2) is 4.79 Å². The Morgan fingerprint density at radius 1 is 1.23 bits per heavy atom. The number of nitrogens with two attached hydrogens (primary N) is 2. The lowest BCUT2D eigenvalue weighted by Gasteiger charge is -2.46. The summed E-state index contributed by atoms with van der Waals surface area (Å²) in [4.78, 5) is 30.8. The van der Waals surface area contributed by atoms with Gasteiger partial charge >= 0.3 is 5.97 Å². The van der Waals surface area contributed by atoms with Crippen molar-refractivity contribution in [3.8, 4) is 5.75 Å². The van der Waals surface area contributed by atoms with Crippen molar-refractivity contribution in [2.75, 3.05) is 13.2 Å². The molecule has 31 heavy (non-hydrogen) atoms. The Kier molecular flexibility index (Phi) is 5.70. The maximum absolute atomic E-state index is 12.6. The zero-order chi connectivity index (χ0) is 22.3. The number of β-lactam (4-membered cyclic amide) rings is 1. The Hall–Kier alpha value is -2.94. The van der Waals surface area contributed by atoms with Crippen molar-refractivity contribution in [1.82, 2.24) is 4.90 Å². The van der Waals surface area contributed by atoms with Crippen LogP contribution in [0.25, 0.3) is 10.8 Å². The first-order valence-electron chi connectivity index (χ1n) is 10.4. The molecular weight excluding hydrogens is 398 g/mol. The molecule has 4 atom stereocenters. The lowest BCUT2D eigenvalue weighted by Crippen LogP contribution is -2.63. The second kappa shape index (κ2) is 8.30. The highest BCUT2D eigenvalue weighted by Gasteiger charge is 2.60. The van der Waals surface area contributed by atoms with Crippen molar-refractivity contribution in [1.29, 1.82) is 0 Å². The van der Waals surface area contributed by atoms with E-state index in [-0.39, 0.29) is 30.2 Å². The molecule has 0 radical (unpaired) electrons. The molecule has 2 aromatic rings. The van der Waals surface area contributed by atoms with Crippen LogP contribution in [-0.2, 0) is 20.8 Å². The van der Waals surface area contributed by atoms with E-state index >= 15 is 0 Å². The molecule has 0 spiro atoms. The number of aliphatic hydroxyl groups is 1. The summed E-state index contributed by atoms with van der Waals surface area (Å²) in [6, 6.07) is 11.5. The molecule has 164 valence electrons. The Bertz CT molecular complexity index is 1060. The van der Waals surface area contributed by atoms with Gasteiger partial charge in [0.25, 0.3) is 0 Å². The number of carbonyl (C=O) groups is 2. The van der Waals surface area contributed by atoms with Gasteiger partial charge in [-0.1, -0.05) is 37.3 Å². The van der Waals surface area contributed by atoms with Crippen LogP contribution in [0.3, 0.4) is 0 Å². The van der Waals surface area contributed by atoms with Crippen molar-refractivity contribution < 1.29 is 24.3 Å². The smallest absolute Gasteiger partial charge is 0.373 e. The SMILES string of the molecule is C[C@@H](O)[C@H]1C(=O)N2C(C(=O)ON)=C(COc3cccc4c(CCN)cccc34)[C@H](C)[C@H]12. The molecule has 8 heteroatoms. The van der Waals surface area contributed by atoms with Gasteiger partial charge in [-0.3, -0.25) is 4.79 Å². The van der Waals surface area contributed by atoms with Crippen molar-refractivity contribution in [2.24, 2.45) is 23.5 Å². The summed E-state index contributed by atoms with van der Waals surface area (Å²) in [6.07, 6.45) is -0.0553. The first kappa shape index (κ1) is 21.3. The molecule has 5 N–H and O–H groups in total. The number of ether oxygens (including phenoxy) is 1.